The van der Waals surface area contributed by atoms with Crippen molar-refractivity contribution < 1.29 is 4.74 Å². The van der Waals surface area contributed by atoms with E-state index in [1.807, 2.05) is 24.4 Å². The van der Waals surface area contributed by atoms with Gasteiger partial charge in [0.2, 0.25) is 0 Å². The fourth-order valence-electron chi connectivity index (χ4n) is 2.67. The highest BCUT2D eigenvalue weighted by Gasteiger charge is 2.27. The summed E-state index contributed by atoms with van der Waals surface area (Å²) in [7, 11) is 0. The molecule has 0 radical (unpaired) electrons. The van der Waals surface area contributed by atoms with Crippen LogP contribution in [-0.2, 0) is 17.4 Å². The summed E-state index contributed by atoms with van der Waals surface area (Å²) in [6.07, 6.45) is 1.81. The molecule has 2 aromatic rings. The predicted molar refractivity (Wildman–Crippen MR) is 97.1 cm³/mol. The van der Waals surface area contributed by atoms with Crippen molar-refractivity contribution in [2.24, 2.45) is 0 Å². The van der Waals surface area contributed by atoms with E-state index in [9.17, 15) is 0 Å². The molecule has 0 aliphatic carbocycles. The Hall–Kier alpha value is -1.83. The van der Waals surface area contributed by atoms with E-state index < -0.39 is 0 Å². The SMILES string of the molecule is Cc1cc(C(C)(C)C)c(OCc2ccccn2)c(C(C)(C)C)c1. The molecule has 0 unspecified atom stereocenters. The number of aromatic nitrogens is 1. The van der Waals surface area contributed by atoms with Crippen molar-refractivity contribution >= 4 is 0 Å². The third kappa shape index (κ3) is 4.34. The summed E-state index contributed by atoms with van der Waals surface area (Å²) < 4.78 is 6.30. The highest BCUT2D eigenvalue weighted by atomic mass is 16.5. The first-order valence-electron chi connectivity index (χ1n) is 8.27. The van der Waals surface area contributed by atoms with Gasteiger partial charge in [0.05, 0.1) is 5.69 Å². The van der Waals surface area contributed by atoms with E-state index in [2.05, 4.69) is 65.6 Å². The molecule has 1 aromatic heterocycles. The van der Waals surface area contributed by atoms with Crippen LogP contribution in [0.5, 0.6) is 5.75 Å². The second-order valence-corrected chi connectivity index (χ2v) is 8.30. The van der Waals surface area contributed by atoms with Crippen LogP contribution in [0.3, 0.4) is 0 Å². The summed E-state index contributed by atoms with van der Waals surface area (Å²) in [5, 5.41) is 0. The minimum Gasteiger partial charge on any atom is -0.487 e. The summed E-state index contributed by atoms with van der Waals surface area (Å²) in [6, 6.07) is 10.4. The van der Waals surface area contributed by atoms with E-state index in [0.29, 0.717) is 6.61 Å². The lowest BCUT2D eigenvalue weighted by atomic mass is 9.78. The highest BCUT2D eigenvalue weighted by Crippen LogP contribution is 2.40. The molecule has 0 saturated carbocycles. The van der Waals surface area contributed by atoms with Crippen LogP contribution in [0.25, 0.3) is 0 Å². The number of pyridine rings is 1. The lowest BCUT2D eigenvalue weighted by Gasteiger charge is -2.30. The lowest BCUT2D eigenvalue weighted by molar-refractivity contribution is 0.284. The van der Waals surface area contributed by atoms with Crippen molar-refractivity contribution in [2.75, 3.05) is 0 Å². The molecule has 0 atom stereocenters. The third-order valence-electron chi connectivity index (χ3n) is 3.94. The first-order chi connectivity index (χ1) is 10.6. The third-order valence-corrected chi connectivity index (χ3v) is 3.94. The molecular weight excluding hydrogens is 282 g/mol. The Morgan fingerprint density at radius 1 is 0.913 bits per heavy atom. The molecule has 0 aliphatic heterocycles. The molecule has 2 heteroatoms. The largest absolute Gasteiger partial charge is 0.487 e. The Bertz CT molecular complexity index is 625. The number of ether oxygens (including phenoxy) is 1. The van der Waals surface area contributed by atoms with Gasteiger partial charge in [0.15, 0.2) is 0 Å². The van der Waals surface area contributed by atoms with Gasteiger partial charge < -0.3 is 4.74 Å². The molecule has 0 bridgehead atoms. The fourth-order valence-corrected chi connectivity index (χ4v) is 2.67. The van der Waals surface area contributed by atoms with E-state index in [-0.39, 0.29) is 10.8 Å². The van der Waals surface area contributed by atoms with Gasteiger partial charge in [-0.1, -0.05) is 65.3 Å². The average Bonchev–Trinajstić information content (AvgIpc) is 2.44. The molecule has 2 rings (SSSR count). The van der Waals surface area contributed by atoms with Gasteiger partial charge >= 0.3 is 0 Å². The minimum atomic E-state index is 0.0332. The van der Waals surface area contributed by atoms with Gasteiger partial charge in [-0.25, -0.2) is 0 Å². The second kappa shape index (κ2) is 6.35. The van der Waals surface area contributed by atoms with E-state index in [0.717, 1.165) is 11.4 Å². The number of rotatable bonds is 3. The summed E-state index contributed by atoms with van der Waals surface area (Å²) in [5.74, 6) is 1.02. The lowest BCUT2D eigenvalue weighted by Crippen LogP contribution is -2.20. The number of aryl methyl sites for hydroxylation is 1. The van der Waals surface area contributed by atoms with Crippen molar-refractivity contribution in [3.8, 4) is 5.75 Å². The van der Waals surface area contributed by atoms with E-state index >= 15 is 0 Å². The van der Waals surface area contributed by atoms with Crippen molar-refractivity contribution in [3.05, 3.63) is 58.9 Å². The Balaban J connectivity index is 2.49. The molecule has 0 N–H and O–H groups in total. The van der Waals surface area contributed by atoms with Crippen LogP contribution in [0, 0.1) is 6.92 Å². The second-order valence-electron chi connectivity index (χ2n) is 8.30. The van der Waals surface area contributed by atoms with Gasteiger partial charge in [-0.15, -0.1) is 0 Å². The molecule has 1 heterocycles. The normalized spacial score (nSPS) is 12.3. The zero-order valence-corrected chi connectivity index (χ0v) is 15.5. The zero-order chi connectivity index (χ0) is 17.3. The standard InChI is InChI=1S/C21H29NO/c1-15-12-17(20(2,3)4)19(18(13-15)21(5,6)7)23-14-16-10-8-9-11-22-16/h8-13H,14H2,1-7H3. The maximum atomic E-state index is 6.30. The first kappa shape index (κ1) is 17.5. The fraction of sp³-hybridized carbons (Fsp3) is 0.476. The van der Waals surface area contributed by atoms with Crippen LogP contribution in [0.4, 0.5) is 0 Å². The molecule has 23 heavy (non-hydrogen) atoms. The van der Waals surface area contributed by atoms with E-state index in [1.165, 1.54) is 16.7 Å². The Labute approximate surface area is 140 Å². The molecule has 0 spiro atoms. The number of nitrogens with zero attached hydrogens (tertiary/aromatic N) is 1. The van der Waals surface area contributed by atoms with E-state index in [4.69, 9.17) is 4.74 Å². The van der Waals surface area contributed by atoms with Gasteiger partial charge in [0.1, 0.15) is 12.4 Å². The van der Waals surface area contributed by atoms with Crippen LogP contribution in [0.15, 0.2) is 36.5 Å². The summed E-state index contributed by atoms with van der Waals surface area (Å²) in [4.78, 5) is 4.37. The molecular formula is C21H29NO. The zero-order valence-electron chi connectivity index (χ0n) is 15.5. The topological polar surface area (TPSA) is 22.1 Å². The van der Waals surface area contributed by atoms with Crippen LogP contribution >= 0.6 is 0 Å². The Kier molecular flexibility index (Phi) is 4.84. The quantitative estimate of drug-likeness (QED) is 0.740. The Morgan fingerprint density at radius 3 is 1.91 bits per heavy atom. The smallest absolute Gasteiger partial charge is 0.130 e. The average molecular weight is 311 g/mol. The molecule has 0 fully saturated rings. The summed E-state index contributed by atoms with van der Waals surface area (Å²) >= 11 is 0. The van der Waals surface area contributed by atoms with Crippen LogP contribution in [-0.4, -0.2) is 4.98 Å². The van der Waals surface area contributed by atoms with Crippen molar-refractivity contribution in [1.82, 2.24) is 4.98 Å². The first-order valence-corrected chi connectivity index (χ1v) is 8.27. The van der Waals surface area contributed by atoms with Gasteiger partial charge in [0.25, 0.3) is 0 Å². The number of benzene rings is 1. The van der Waals surface area contributed by atoms with Crippen LogP contribution < -0.4 is 4.74 Å². The van der Waals surface area contributed by atoms with Crippen LogP contribution in [0.2, 0.25) is 0 Å². The maximum absolute atomic E-state index is 6.30. The maximum Gasteiger partial charge on any atom is 0.130 e. The van der Waals surface area contributed by atoms with E-state index in [1.54, 1.807) is 0 Å². The highest BCUT2D eigenvalue weighted by molar-refractivity contribution is 5.50. The van der Waals surface area contributed by atoms with Gasteiger partial charge in [-0.2, -0.15) is 0 Å². The van der Waals surface area contributed by atoms with Gasteiger partial charge in [-0.05, 0) is 29.9 Å². The Morgan fingerprint density at radius 2 is 1.48 bits per heavy atom. The summed E-state index contributed by atoms with van der Waals surface area (Å²) in [5.41, 5.74) is 4.83. The number of hydrogen-bond donors (Lipinski definition) is 0. The van der Waals surface area contributed by atoms with Crippen molar-refractivity contribution in [1.29, 1.82) is 0 Å². The predicted octanol–water partition coefficient (Wildman–Crippen LogP) is 5.56. The molecule has 0 saturated heterocycles. The van der Waals surface area contributed by atoms with Crippen molar-refractivity contribution in [2.45, 2.75) is 65.9 Å². The summed E-state index contributed by atoms with van der Waals surface area (Å²) in [6.45, 7) is 16.1. The molecule has 1 aromatic carbocycles. The van der Waals surface area contributed by atoms with Gasteiger partial charge in [0, 0.05) is 17.3 Å². The molecule has 0 aliphatic rings. The molecule has 0 amide bonds. The van der Waals surface area contributed by atoms with Crippen LogP contribution in [0.1, 0.15) is 63.9 Å². The molecule has 124 valence electrons. The number of hydrogen-bond acceptors (Lipinski definition) is 2. The minimum absolute atomic E-state index is 0.0332. The van der Waals surface area contributed by atoms with Crippen molar-refractivity contribution in [3.63, 3.8) is 0 Å². The molecule has 2 nitrogen and oxygen atoms in total. The monoisotopic (exact) mass is 311 g/mol. The van der Waals surface area contributed by atoms with Gasteiger partial charge in [-0.3, -0.25) is 4.98 Å².